The number of carbonyl (C=O) groups excluding carboxylic acids is 3. The topological polar surface area (TPSA) is 221 Å². The molecule has 5 heterocycles. The molecule has 6 N–H and O–H groups in total. The standard InChI is InChI=1S/C57H71N13O6S/c1-6-39-30-44(49(72)32-48(39)71)51(58)69(52(59)54(73)61-36(3)4)41-14-12-37(13-15-41)34-65-26-28-66(29-27-65)35-38-18-22-68(23-19-38)55(74)40-20-24-67(25-21-40)42-16-17-45(50(31-42)76-7-2)62-57-60-33-47-53(63-57)70(77)46-11-9-8-10-43(46)56(75)64(47)5/h8-17,30-33,36,38,40,58-59,71-72,77H,6-7,18-29,34-35H2,1-5H3,(H,61,73)(H,60,62,63). The van der Waals surface area contributed by atoms with E-state index >= 15 is 0 Å². The van der Waals surface area contributed by atoms with Gasteiger partial charge in [-0.1, -0.05) is 44.0 Å². The molecule has 0 unspecified atom stereocenters. The van der Waals surface area contributed by atoms with Crippen molar-refractivity contribution in [2.75, 3.05) is 96.9 Å². The van der Waals surface area contributed by atoms with Crippen LogP contribution in [0.2, 0.25) is 0 Å². The van der Waals surface area contributed by atoms with Gasteiger partial charge in [0.15, 0.2) is 11.7 Å². The molecule has 0 aliphatic carbocycles. The van der Waals surface area contributed by atoms with Crippen molar-refractivity contribution in [3.63, 3.8) is 0 Å². The van der Waals surface area contributed by atoms with E-state index < -0.39 is 11.7 Å². The van der Waals surface area contributed by atoms with E-state index in [2.05, 4.69) is 41.3 Å². The summed E-state index contributed by atoms with van der Waals surface area (Å²) in [5.74, 6) is 0.364. The van der Waals surface area contributed by atoms with E-state index in [1.165, 1.54) is 21.9 Å². The molecule has 0 saturated carbocycles. The maximum absolute atomic E-state index is 13.9. The van der Waals surface area contributed by atoms with Crippen LogP contribution < -0.4 is 34.4 Å². The zero-order valence-corrected chi connectivity index (χ0v) is 45.5. The van der Waals surface area contributed by atoms with Gasteiger partial charge < -0.3 is 45.2 Å². The van der Waals surface area contributed by atoms with Crippen molar-refractivity contribution in [3.8, 4) is 17.2 Å². The predicted molar refractivity (Wildman–Crippen MR) is 305 cm³/mol. The Kier molecular flexibility index (Phi) is 16.8. The first kappa shape index (κ1) is 54.4. The first-order valence-electron chi connectivity index (χ1n) is 26.8. The second-order valence-corrected chi connectivity index (χ2v) is 21.0. The summed E-state index contributed by atoms with van der Waals surface area (Å²) in [6, 6.07) is 23.3. The van der Waals surface area contributed by atoms with Crippen molar-refractivity contribution in [1.82, 2.24) is 30.0 Å². The molecular formula is C57H71N13O6S. The van der Waals surface area contributed by atoms with E-state index in [1.54, 1.807) is 49.6 Å². The molecule has 19 nitrogen and oxygen atoms in total. The molecule has 0 bridgehead atoms. The lowest BCUT2D eigenvalue weighted by atomic mass is 9.91. The highest BCUT2D eigenvalue weighted by molar-refractivity contribution is 7.82. The van der Waals surface area contributed by atoms with Crippen molar-refractivity contribution in [1.29, 1.82) is 10.8 Å². The molecule has 1 aromatic heterocycles. The van der Waals surface area contributed by atoms with Crippen LogP contribution in [0.1, 0.15) is 80.4 Å². The van der Waals surface area contributed by atoms with Gasteiger partial charge in [0.05, 0.1) is 35.3 Å². The number of aromatic nitrogens is 2. The van der Waals surface area contributed by atoms with Gasteiger partial charge in [-0.25, -0.2) is 4.98 Å². The molecule has 3 saturated heterocycles. The number of aromatic hydroxyl groups is 2. The highest BCUT2D eigenvalue weighted by atomic mass is 32.1. The SMILES string of the molecule is CCOc1cc(N2CCC(C(=O)N3CCC(CN4CCN(Cc5ccc(N(C(=N)C(=O)NC(C)C)C(=N)c6cc(CC)c(O)cc6O)cc5)CC4)CC3)CC2)ccc1Nc1ncc2c(n1)N(S)c1ccccc1C(=O)N2C. The molecule has 0 radical (unpaired) electrons. The van der Waals surface area contributed by atoms with Crippen molar-refractivity contribution >= 4 is 82.4 Å². The fraction of sp³-hybridized carbons (Fsp3) is 0.421. The van der Waals surface area contributed by atoms with Gasteiger partial charge in [0, 0.05) is 108 Å². The van der Waals surface area contributed by atoms with Gasteiger partial charge in [0.25, 0.3) is 11.8 Å². The summed E-state index contributed by atoms with van der Waals surface area (Å²) in [6.45, 7) is 16.5. The van der Waals surface area contributed by atoms with Gasteiger partial charge in [-0.3, -0.25) is 39.3 Å². The molecule has 3 amide bonds. The number of para-hydroxylation sites is 1. The van der Waals surface area contributed by atoms with Gasteiger partial charge in [0.1, 0.15) is 28.8 Å². The zero-order valence-electron chi connectivity index (χ0n) is 44.6. The first-order chi connectivity index (χ1) is 37.1. The number of amidine groups is 2. The maximum atomic E-state index is 13.9. The van der Waals surface area contributed by atoms with Crippen molar-refractivity contribution in [2.24, 2.45) is 11.8 Å². The fourth-order valence-corrected chi connectivity index (χ4v) is 11.1. The van der Waals surface area contributed by atoms with Crippen LogP contribution in [0, 0.1) is 22.7 Å². The lowest BCUT2D eigenvalue weighted by molar-refractivity contribution is -0.137. The van der Waals surface area contributed by atoms with Crippen LogP contribution >= 0.6 is 12.8 Å². The number of anilines is 7. The van der Waals surface area contributed by atoms with Crippen LogP contribution in [-0.4, -0.2) is 143 Å². The molecular weight excluding hydrogens is 995 g/mol. The van der Waals surface area contributed by atoms with Crippen molar-refractivity contribution < 1.29 is 29.3 Å². The molecule has 3 fully saturated rings. The van der Waals surface area contributed by atoms with Crippen LogP contribution in [0.5, 0.6) is 17.2 Å². The van der Waals surface area contributed by atoms with Gasteiger partial charge in [-0.05, 0) is 112 Å². The number of ether oxygens (including phenoxy) is 1. The quantitative estimate of drug-likeness (QED) is 0.0321. The van der Waals surface area contributed by atoms with E-state index in [4.69, 9.17) is 33.4 Å². The number of benzene rings is 4. The summed E-state index contributed by atoms with van der Waals surface area (Å²) in [5.41, 5.74) is 5.55. The molecule has 0 atom stereocenters. The zero-order chi connectivity index (χ0) is 54.5. The van der Waals surface area contributed by atoms with E-state index in [-0.39, 0.29) is 46.7 Å². The Morgan fingerprint density at radius 3 is 2.25 bits per heavy atom. The van der Waals surface area contributed by atoms with Gasteiger partial charge >= 0.3 is 0 Å². The van der Waals surface area contributed by atoms with Crippen molar-refractivity contribution in [2.45, 2.75) is 72.4 Å². The second kappa shape index (κ2) is 23.9. The predicted octanol–water partition coefficient (Wildman–Crippen LogP) is 7.77. The van der Waals surface area contributed by atoms with Gasteiger partial charge in [-0.15, -0.1) is 0 Å². The summed E-state index contributed by atoms with van der Waals surface area (Å²) >= 11 is 4.75. The highest BCUT2D eigenvalue weighted by Gasteiger charge is 2.34. The largest absolute Gasteiger partial charge is 0.508 e. The number of hydrogen-bond acceptors (Lipinski definition) is 16. The summed E-state index contributed by atoms with van der Waals surface area (Å²) in [7, 11) is 1.70. The number of carbonyl (C=O) groups is 3. The number of amides is 3. The molecule has 20 heteroatoms. The minimum atomic E-state index is -0.649. The van der Waals surface area contributed by atoms with Crippen LogP contribution in [-0.2, 0) is 22.6 Å². The Balaban J connectivity index is 0.728. The number of nitrogens with zero attached hydrogens (tertiary/aromatic N) is 9. The minimum Gasteiger partial charge on any atom is -0.508 e. The molecule has 4 aliphatic heterocycles. The highest BCUT2D eigenvalue weighted by Crippen LogP contribution is 2.41. The Bertz CT molecular complexity index is 2990. The second-order valence-electron chi connectivity index (χ2n) is 20.6. The van der Waals surface area contributed by atoms with Gasteiger partial charge in [-0.2, -0.15) is 4.98 Å². The van der Waals surface area contributed by atoms with E-state index in [0.717, 1.165) is 102 Å². The minimum absolute atomic E-state index is 0.00334. The average molecular weight is 1070 g/mol. The number of aryl methyl sites for hydroxylation is 1. The monoisotopic (exact) mass is 1070 g/mol. The number of phenolic OH excluding ortho intramolecular Hbond substituents is 2. The van der Waals surface area contributed by atoms with E-state index in [1.807, 2.05) is 56.3 Å². The summed E-state index contributed by atoms with van der Waals surface area (Å²) in [4.78, 5) is 61.8. The van der Waals surface area contributed by atoms with E-state index in [9.17, 15) is 24.6 Å². The smallest absolute Gasteiger partial charge is 0.287 e. The number of rotatable bonds is 14. The van der Waals surface area contributed by atoms with Crippen LogP contribution in [0.15, 0.2) is 85.1 Å². The lowest BCUT2D eigenvalue weighted by Crippen LogP contribution is -2.49. The molecule has 77 heavy (non-hydrogen) atoms. The average Bonchev–Trinajstić information content (AvgIpc) is 3.51. The number of piperidine rings is 2. The third-order valence-electron chi connectivity index (χ3n) is 15.1. The number of nitrogens with one attached hydrogen (secondary N) is 4. The fourth-order valence-electron chi connectivity index (χ4n) is 10.8. The number of likely N-dealkylation sites (tertiary alicyclic amines) is 1. The Morgan fingerprint density at radius 1 is 0.857 bits per heavy atom. The number of piperazine rings is 1. The Labute approximate surface area is 456 Å². The van der Waals surface area contributed by atoms with Gasteiger partial charge in [0.2, 0.25) is 11.9 Å². The first-order valence-corrected chi connectivity index (χ1v) is 27.2. The van der Waals surface area contributed by atoms with Crippen LogP contribution in [0.4, 0.5) is 40.2 Å². The number of phenols is 2. The lowest BCUT2D eigenvalue weighted by Gasteiger charge is -2.40. The summed E-state index contributed by atoms with van der Waals surface area (Å²) in [6.07, 6.45) is 5.67. The third-order valence-corrected chi connectivity index (χ3v) is 15.5. The maximum Gasteiger partial charge on any atom is 0.287 e. The van der Waals surface area contributed by atoms with E-state index in [0.29, 0.717) is 70.3 Å². The van der Waals surface area contributed by atoms with Crippen LogP contribution in [0.3, 0.4) is 0 Å². The van der Waals surface area contributed by atoms with Crippen LogP contribution in [0.25, 0.3) is 0 Å². The summed E-state index contributed by atoms with van der Waals surface area (Å²) in [5, 5.41) is 45.0. The number of hydrogen-bond donors (Lipinski definition) is 7. The number of fused-ring (bicyclic) bond motifs is 2. The molecule has 0 spiro atoms. The number of thiol groups is 1. The van der Waals surface area contributed by atoms with Crippen molar-refractivity contribution in [3.05, 3.63) is 107 Å². The Morgan fingerprint density at radius 2 is 1.56 bits per heavy atom. The molecule has 406 valence electrons. The molecule has 5 aromatic rings. The molecule has 9 rings (SSSR count). The molecule has 4 aliphatic rings. The third kappa shape index (κ3) is 12.1. The normalized spacial score (nSPS) is 16.7. The molecule has 4 aromatic carbocycles. The summed E-state index contributed by atoms with van der Waals surface area (Å²) < 4.78 is 7.74. The Hall–Kier alpha value is -7.42.